The van der Waals surface area contributed by atoms with Crippen LogP contribution in [0.4, 0.5) is 0 Å². The minimum absolute atomic E-state index is 0.247. The molecule has 0 radical (unpaired) electrons. The molecule has 2 heterocycles. The summed E-state index contributed by atoms with van der Waals surface area (Å²) in [5.74, 6) is 1.88. The number of aromatic nitrogens is 1. The lowest BCUT2D eigenvalue weighted by atomic mass is 9.63. The molecule has 1 aromatic heterocycles. The maximum Gasteiger partial charge on any atom is 0.132 e. The molecule has 3 heteroatoms. The van der Waals surface area contributed by atoms with Crippen LogP contribution in [0.3, 0.4) is 0 Å². The first-order valence-corrected chi connectivity index (χ1v) is 17.6. The van der Waals surface area contributed by atoms with Gasteiger partial charge in [-0.25, -0.2) is 0 Å². The summed E-state index contributed by atoms with van der Waals surface area (Å²) in [5, 5.41) is 13.7. The second-order valence-corrected chi connectivity index (χ2v) is 13.3. The Kier molecular flexibility index (Phi) is 7.55. The van der Waals surface area contributed by atoms with E-state index in [9.17, 15) is 5.11 Å². The number of nitrogens with zero attached hydrogens (tertiary/aromatic N) is 1. The van der Waals surface area contributed by atoms with E-state index in [1.54, 1.807) is 6.08 Å². The van der Waals surface area contributed by atoms with Crippen molar-refractivity contribution in [3.8, 4) is 39.4 Å². The fourth-order valence-corrected chi connectivity index (χ4v) is 8.43. The quantitative estimate of drug-likeness (QED) is 0.173. The molecule has 0 spiro atoms. The number of fused-ring (bicyclic) bond motifs is 4. The Morgan fingerprint density at radius 3 is 2.37 bits per heavy atom. The van der Waals surface area contributed by atoms with Crippen molar-refractivity contribution in [2.45, 2.75) is 24.7 Å². The van der Waals surface area contributed by atoms with E-state index < -0.39 is 5.41 Å². The summed E-state index contributed by atoms with van der Waals surface area (Å²) in [6, 6.07) is 40.1. The highest BCUT2D eigenvalue weighted by molar-refractivity contribution is 6.02. The van der Waals surface area contributed by atoms with Gasteiger partial charge in [-0.1, -0.05) is 134 Å². The number of rotatable bonds is 7. The van der Waals surface area contributed by atoms with E-state index in [0.717, 1.165) is 75.4 Å². The largest absolute Gasteiger partial charge is 0.508 e. The molecule has 0 saturated heterocycles. The van der Waals surface area contributed by atoms with Crippen LogP contribution in [0.2, 0.25) is 0 Å². The monoisotopic (exact) mass is 659 g/mol. The highest BCUT2D eigenvalue weighted by Gasteiger charge is 2.46. The van der Waals surface area contributed by atoms with E-state index in [-0.39, 0.29) is 5.75 Å². The van der Waals surface area contributed by atoms with Crippen LogP contribution in [0.15, 0.2) is 182 Å². The summed E-state index contributed by atoms with van der Waals surface area (Å²) in [6.07, 6.45) is 21.4. The summed E-state index contributed by atoms with van der Waals surface area (Å²) in [6.45, 7) is 3.89. The minimum Gasteiger partial charge on any atom is -0.508 e. The van der Waals surface area contributed by atoms with E-state index in [1.165, 1.54) is 22.2 Å². The molecule has 1 aliphatic heterocycles. The zero-order valence-electron chi connectivity index (χ0n) is 28.3. The molecule has 0 fully saturated rings. The molecular formula is C48H37NO2. The average Bonchev–Trinajstić information content (AvgIpc) is 3.78. The van der Waals surface area contributed by atoms with E-state index >= 15 is 0 Å². The lowest BCUT2D eigenvalue weighted by Gasteiger charge is -2.42. The third-order valence-corrected chi connectivity index (χ3v) is 10.5. The predicted molar refractivity (Wildman–Crippen MR) is 210 cm³/mol. The number of phenols is 1. The molecule has 5 aromatic carbocycles. The van der Waals surface area contributed by atoms with Gasteiger partial charge in [0.2, 0.25) is 0 Å². The molecule has 3 nitrogen and oxygen atoms in total. The Labute approximate surface area is 298 Å². The standard InChI is InChI=1S/C48H37NO2/c1-2-3-4-13-31-48(40-24-11-12-27-44(40)51-45-28-16-22-37(47(45)48)33-17-7-5-8-18-33)39-30-29-34(32-43(39)50)36-21-14-26-42-46(36)38-23-15-25-41(38)49(42)35-19-9-6-10-20-35/h2-10,12-22,25-32,50H,1,11,23-24H2/b4-3-,31-13-. The fourth-order valence-electron chi connectivity index (χ4n) is 8.43. The van der Waals surface area contributed by atoms with Gasteiger partial charge in [-0.2, -0.15) is 0 Å². The van der Waals surface area contributed by atoms with E-state index in [2.05, 4.69) is 145 Å². The third kappa shape index (κ3) is 4.88. The Morgan fingerprint density at radius 2 is 1.55 bits per heavy atom. The topological polar surface area (TPSA) is 34.4 Å². The molecular weight excluding hydrogens is 623 g/mol. The van der Waals surface area contributed by atoms with Gasteiger partial charge in [0.25, 0.3) is 0 Å². The van der Waals surface area contributed by atoms with Crippen LogP contribution in [0.5, 0.6) is 11.5 Å². The van der Waals surface area contributed by atoms with Crippen LogP contribution in [-0.4, -0.2) is 9.67 Å². The minimum atomic E-state index is -0.804. The molecule has 1 N–H and O–H groups in total. The van der Waals surface area contributed by atoms with E-state index in [4.69, 9.17) is 4.74 Å². The molecule has 0 saturated carbocycles. The van der Waals surface area contributed by atoms with Crippen LogP contribution in [0, 0.1) is 0 Å². The first kappa shape index (κ1) is 30.7. The van der Waals surface area contributed by atoms with Crippen molar-refractivity contribution in [2.75, 3.05) is 0 Å². The number of ether oxygens (including phenoxy) is 1. The molecule has 1 atom stereocenters. The smallest absolute Gasteiger partial charge is 0.132 e. The zero-order chi connectivity index (χ0) is 34.4. The molecule has 6 aromatic rings. The van der Waals surface area contributed by atoms with Crippen LogP contribution < -0.4 is 4.74 Å². The summed E-state index contributed by atoms with van der Waals surface area (Å²) in [7, 11) is 0. The van der Waals surface area contributed by atoms with Gasteiger partial charge >= 0.3 is 0 Å². The second kappa shape index (κ2) is 12.5. The van der Waals surface area contributed by atoms with Gasteiger partial charge < -0.3 is 14.4 Å². The summed E-state index contributed by atoms with van der Waals surface area (Å²) in [5.41, 5.74) is 11.3. The summed E-state index contributed by atoms with van der Waals surface area (Å²) < 4.78 is 9.06. The third-order valence-electron chi connectivity index (χ3n) is 10.5. The van der Waals surface area contributed by atoms with Gasteiger partial charge in [0.05, 0.1) is 16.6 Å². The predicted octanol–water partition coefficient (Wildman–Crippen LogP) is 11.8. The maximum absolute atomic E-state index is 12.4. The van der Waals surface area contributed by atoms with Crippen molar-refractivity contribution in [1.29, 1.82) is 0 Å². The molecule has 1 unspecified atom stereocenters. The van der Waals surface area contributed by atoms with Gasteiger partial charge in [0.1, 0.15) is 17.3 Å². The number of phenolic OH excluding ortho intramolecular Hbond substituents is 1. The summed E-state index contributed by atoms with van der Waals surface area (Å²) in [4.78, 5) is 0. The molecule has 0 amide bonds. The molecule has 9 rings (SSSR count). The highest BCUT2D eigenvalue weighted by Crippen LogP contribution is 2.57. The Hall–Kier alpha value is -6.32. The van der Waals surface area contributed by atoms with Gasteiger partial charge in [0.15, 0.2) is 0 Å². The number of para-hydroxylation sites is 1. The van der Waals surface area contributed by atoms with Crippen LogP contribution in [0.25, 0.3) is 44.9 Å². The van der Waals surface area contributed by atoms with Gasteiger partial charge in [0, 0.05) is 22.2 Å². The number of aromatic hydroxyl groups is 1. The maximum atomic E-state index is 12.4. The van der Waals surface area contributed by atoms with Crippen molar-refractivity contribution >= 4 is 17.0 Å². The first-order valence-electron chi connectivity index (χ1n) is 17.6. The number of allylic oxidation sites excluding steroid dienone is 9. The van der Waals surface area contributed by atoms with E-state index in [0.29, 0.717) is 0 Å². The number of hydrogen-bond donors (Lipinski definition) is 1. The number of benzene rings is 5. The molecule has 246 valence electrons. The SMILES string of the molecule is C=C/C=C\C=C/C1(c2ccc(-c3cccc4c3c3c(n4-c4ccccc4)C=CC3)cc2O)C2=C(C=CCC2)Oc2cccc(-c3ccccc3)c21. The number of hydrogen-bond acceptors (Lipinski definition) is 2. The van der Waals surface area contributed by atoms with Crippen LogP contribution in [-0.2, 0) is 11.8 Å². The summed E-state index contributed by atoms with van der Waals surface area (Å²) >= 11 is 0. The lowest BCUT2D eigenvalue weighted by Crippen LogP contribution is -2.35. The van der Waals surface area contributed by atoms with Gasteiger partial charge in [-0.15, -0.1) is 0 Å². The van der Waals surface area contributed by atoms with Crippen molar-refractivity contribution in [2.24, 2.45) is 0 Å². The van der Waals surface area contributed by atoms with Gasteiger partial charge in [-0.3, -0.25) is 0 Å². The first-order chi connectivity index (χ1) is 25.2. The van der Waals surface area contributed by atoms with Crippen LogP contribution in [0.1, 0.15) is 35.2 Å². The average molecular weight is 660 g/mol. The van der Waals surface area contributed by atoms with Crippen molar-refractivity contribution in [3.63, 3.8) is 0 Å². The second-order valence-electron chi connectivity index (χ2n) is 13.3. The van der Waals surface area contributed by atoms with Crippen molar-refractivity contribution in [3.05, 3.63) is 204 Å². The van der Waals surface area contributed by atoms with E-state index in [1.807, 2.05) is 30.4 Å². The highest BCUT2D eigenvalue weighted by atomic mass is 16.5. The molecule has 0 bridgehead atoms. The van der Waals surface area contributed by atoms with Gasteiger partial charge in [-0.05, 0) is 95.1 Å². The molecule has 51 heavy (non-hydrogen) atoms. The molecule has 2 aliphatic carbocycles. The Bertz CT molecular complexity index is 2490. The Morgan fingerprint density at radius 1 is 0.745 bits per heavy atom. The normalized spacial score (nSPS) is 17.6. The van der Waals surface area contributed by atoms with Crippen molar-refractivity contribution < 1.29 is 9.84 Å². The van der Waals surface area contributed by atoms with Crippen molar-refractivity contribution in [1.82, 2.24) is 4.57 Å². The fraction of sp³-hybridized carbons (Fsp3) is 0.0833. The molecule has 3 aliphatic rings. The van der Waals surface area contributed by atoms with Crippen LogP contribution >= 0.6 is 0 Å². The lowest BCUT2D eigenvalue weighted by molar-refractivity contribution is 0.385. The Balaban J connectivity index is 1.29. The zero-order valence-corrected chi connectivity index (χ0v) is 28.3.